The topological polar surface area (TPSA) is 30.5 Å². The quantitative estimate of drug-likeness (QED) is 0.518. The average Bonchev–Trinajstić information content (AvgIpc) is 2.68. The standard InChI is InChI=1S/C24H26FNO2/c1-4-27-24-14-20(15-26-22-11-5-17(2)13-18(22)3)8-12-23(24)28-16-19-6-9-21(25)10-7-19/h5-14,26H,4,15-16H2,1-3H3. The van der Waals surface area contributed by atoms with Gasteiger partial charge in [0.25, 0.3) is 0 Å². The van der Waals surface area contributed by atoms with E-state index in [1.54, 1.807) is 12.1 Å². The lowest BCUT2D eigenvalue weighted by molar-refractivity contribution is 0.269. The van der Waals surface area contributed by atoms with Crippen LogP contribution in [-0.4, -0.2) is 6.61 Å². The number of anilines is 1. The van der Waals surface area contributed by atoms with E-state index in [1.165, 1.54) is 23.3 Å². The fraction of sp³-hybridized carbons (Fsp3) is 0.250. The predicted molar refractivity (Wildman–Crippen MR) is 112 cm³/mol. The van der Waals surface area contributed by atoms with Gasteiger partial charge in [0, 0.05) is 12.2 Å². The first-order valence-corrected chi connectivity index (χ1v) is 9.49. The largest absolute Gasteiger partial charge is 0.490 e. The molecule has 3 aromatic rings. The van der Waals surface area contributed by atoms with Crippen molar-refractivity contribution in [1.29, 1.82) is 0 Å². The van der Waals surface area contributed by atoms with E-state index < -0.39 is 0 Å². The maximum atomic E-state index is 13.0. The molecular formula is C24H26FNO2. The molecule has 3 rings (SSSR count). The Hall–Kier alpha value is -3.01. The van der Waals surface area contributed by atoms with Gasteiger partial charge in [-0.05, 0) is 67.8 Å². The van der Waals surface area contributed by atoms with Crippen LogP contribution in [0.15, 0.2) is 60.7 Å². The highest BCUT2D eigenvalue weighted by Gasteiger charge is 2.08. The van der Waals surface area contributed by atoms with Gasteiger partial charge in [-0.25, -0.2) is 4.39 Å². The Labute approximate surface area is 166 Å². The van der Waals surface area contributed by atoms with Gasteiger partial charge in [0.2, 0.25) is 0 Å². The van der Waals surface area contributed by atoms with Crippen LogP contribution in [-0.2, 0) is 13.2 Å². The molecular weight excluding hydrogens is 353 g/mol. The first-order valence-electron chi connectivity index (χ1n) is 9.49. The molecule has 0 unspecified atom stereocenters. The van der Waals surface area contributed by atoms with E-state index >= 15 is 0 Å². The van der Waals surface area contributed by atoms with E-state index in [9.17, 15) is 4.39 Å². The lowest BCUT2D eigenvalue weighted by Gasteiger charge is -2.15. The summed E-state index contributed by atoms with van der Waals surface area (Å²) in [4.78, 5) is 0. The summed E-state index contributed by atoms with van der Waals surface area (Å²) >= 11 is 0. The van der Waals surface area contributed by atoms with Crippen molar-refractivity contribution in [3.8, 4) is 11.5 Å². The molecule has 0 fully saturated rings. The summed E-state index contributed by atoms with van der Waals surface area (Å²) in [7, 11) is 0. The maximum Gasteiger partial charge on any atom is 0.161 e. The zero-order valence-electron chi connectivity index (χ0n) is 16.6. The molecule has 0 saturated heterocycles. The third kappa shape index (κ3) is 5.26. The molecule has 0 spiro atoms. The zero-order valence-corrected chi connectivity index (χ0v) is 16.6. The Balaban J connectivity index is 1.68. The molecule has 0 aromatic heterocycles. The van der Waals surface area contributed by atoms with Gasteiger partial charge in [0.15, 0.2) is 11.5 Å². The Morgan fingerprint density at radius 2 is 1.57 bits per heavy atom. The van der Waals surface area contributed by atoms with Gasteiger partial charge in [-0.2, -0.15) is 0 Å². The van der Waals surface area contributed by atoms with Crippen LogP contribution in [0.2, 0.25) is 0 Å². The van der Waals surface area contributed by atoms with Crippen LogP contribution < -0.4 is 14.8 Å². The Bertz CT molecular complexity index is 922. The van der Waals surface area contributed by atoms with Crippen LogP contribution >= 0.6 is 0 Å². The first-order chi connectivity index (χ1) is 13.5. The van der Waals surface area contributed by atoms with Gasteiger partial charge < -0.3 is 14.8 Å². The van der Waals surface area contributed by atoms with Gasteiger partial charge in [-0.3, -0.25) is 0 Å². The molecule has 1 N–H and O–H groups in total. The van der Waals surface area contributed by atoms with E-state index in [0.29, 0.717) is 31.3 Å². The maximum absolute atomic E-state index is 13.0. The second-order valence-electron chi connectivity index (χ2n) is 6.80. The van der Waals surface area contributed by atoms with Crippen molar-refractivity contribution in [2.24, 2.45) is 0 Å². The lowest BCUT2D eigenvalue weighted by atomic mass is 10.1. The van der Waals surface area contributed by atoms with Crippen molar-refractivity contribution in [1.82, 2.24) is 0 Å². The molecule has 3 aromatic carbocycles. The van der Waals surface area contributed by atoms with Gasteiger partial charge in [-0.1, -0.05) is 35.9 Å². The Morgan fingerprint density at radius 3 is 2.29 bits per heavy atom. The molecule has 0 heterocycles. The third-order valence-corrected chi connectivity index (χ3v) is 4.48. The SMILES string of the molecule is CCOc1cc(CNc2ccc(C)cc2C)ccc1OCc1ccc(F)cc1. The number of rotatable bonds is 8. The summed E-state index contributed by atoms with van der Waals surface area (Å²) in [5.74, 6) is 1.14. The Morgan fingerprint density at radius 1 is 0.821 bits per heavy atom. The van der Waals surface area contributed by atoms with Crippen molar-refractivity contribution < 1.29 is 13.9 Å². The number of aryl methyl sites for hydroxylation is 2. The highest BCUT2D eigenvalue weighted by atomic mass is 19.1. The summed E-state index contributed by atoms with van der Waals surface area (Å²) in [6, 6.07) is 18.6. The molecule has 146 valence electrons. The molecule has 0 radical (unpaired) electrons. The number of ether oxygens (including phenoxy) is 2. The highest BCUT2D eigenvalue weighted by molar-refractivity contribution is 5.53. The monoisotopic (exact) mass is 379 g/mol. The molecule has 28 heavy (non-hydrogen) atoms. The van der Waals surface area contributed by atoms with Crippen molar-refractivity contribution >= 4 is 5.69 Å². The van der Waals surface area contributed by atoms with E-state index in [0.717, 1.165) is 16.8 Å². The molecule has 0 aliphatic heterocycles. The minimum Gasteiger partial charge on any atom is -0.490 e. The number of nitrogens with one attached hydrogen (secondary N) is 1. The molecule has 0 aliphatic rings. The fourth-order valence-corrected chi connectivity index (χ4v) is 3.00. The normalized spacial score (nSPS) is 10.6. The highest BCUT2D eigenvalue weighted by Crippen LogP contribution is 2.30. The average molecular weight is 379 g/mol. The summed E-state index contributed by atoms with van der Waals surface area (Å²) in [6.07, 6.45) is 0. The smallest absolute Gasteiger partial charge is 0.161 e. The molecule has 0 aliphatic carbocycles. The molecule has 0 atom stereocenters. The summed E-state index contributed by atoms with van der Waals surface area (Å²) < 4.78 is 24.7. The minimum absolute atomic E-state index is 0.251. The van der Waals surface area contributed by atoms with E-state index in [-0.39, 0.29) is 5.82 Å². The fourth-order valence-electron chi connectivity index (χ4n) is 3.00. The predicted octanol–water partition coefficient (Wildman–Crippen LogP) is 6.03. The second-order valence-corrected chi connectivity index (χ2v) is 6.80. The van der Waals surface area contributed by atoms with Crippen molar-refractivity contribution in [3.63, 3.8) is 0 Å². The van der Waals surface area contributed by atoms with E-state index in [1.807, 2.05) is 25.1 Å². The third-order valence-electron chi connectivity index (χ3n) is 4.48. The minimum atomic E-state index is -0.251. The number of hydrogen-bond donors (Lipinski definition) is 1. The molecule has 0 amide bonds. The van der Waals surface area contributed by atoms with Crippen LogP contribution in [0.5, 0.6) is 11.5 Å². The van der Waals surface area contributed by atoms with E-state index in [2.05, 4.69) is 37.4 Å². The molecule has 0 saturated carbocycles. The van der Waals surface area contributed by atoms with Crippen LogP contribution in [0.4, 0.5) is 10.1 Å². The van der Waals surface area contributed by atoms with Crippen LogP contribution in [0.25, 0.3) is 0 Å². The van der Waals surface area contributed by atoms with Gasteiger partial charge in [-0.15, -0.1) is 0 Å². The van der Waals surface area contributed by atoms with E-state index in [4.69, 9.17) is 9.47 Å². The van der Waals surface area contributed by atoms with Gasteiger partial charge >= 0.3 is 0 Å². The molecule has 0 bridgehead atoms. The zero-order chi connectivity index (χ0) is 19.9. The van der Waals surface area contributed by atoms with Gasteiger partial charge in [0.1, 0.15) is 12.4 Å². The summed E-state index contributed by atoms with van der Waals surface area (Å²) in [5, 5.41) is 3.48. The van der Waals surface area contributed by atoms with Crippen molar-refractivity contribution in [3.05, 3.63) is 88.7 Å². The molecule has 3 nitrogen and oxygen atoms in total. The number of hydrogen-bond acceptors (Lipinski definition) is 3. The van der Waals surface area contributed by atoms with Crippen molar-refractivity contribution in [2.75, 3.05) is 11.9 Å². The first kappa shape index (κ1) is 19.7. The second kappa shape index (κ2) is 9.27. The summed E-state index contributed by atoms with van der Waals surface area (Å²) in [6.45, 7) is 7.76. The van der Waals surface area contributed by atoms with Crippen molar-refractivity contribution in [2.45, 2.75) is 33.9 Å². The van der Waals surface area contributed by atoms with Crippen LogP contribution in [0.1, 0.15) is 29.2 Å². The number of halogens is 1. The van der Waals surface area contributed by atoms with Crippen LogP contribution in [0.3, 0.4) is 0 Å². The molecule has 4 heteroatoms. The lowest BCUT2D eigenvalue weighted by Crippen LogP contribution is -2.04. The Kier molecular flexibility index (Phi) is 6.53. The van der Waals surface area contributed by atoms with Crippen LogP contribution in [0, 0.1) is 19.7 Å². The summed E-state index contributed by atoms with van der Waals surface area (Å²) in [5.41, 5.74) is 5.62. The van der Waals surface area contributed by atoms with Gasteiger partial charge in [0.05, 0.1) is 6.61 Å². The number of benzene rings is 3.